The third kappa shape index (κ3) is 2.93. The maximum absolute atomic E-state index is 5.70. The average molecular weight is 271 g/mol. The van der Waals surface area contributed by atoms with Crippen molar-refractivity contribution in [2.75, 3.05) is 5.43 Å². The van der Waals surface area contributed by atoms with Gasteiger partial charge in [-0.05, 0) is 29.4 Å². The number of fused-ring (bicyclic) bond motifs is 1. The molecular weight excluding hydrogens is 246 g/mol. The lowest BCUT2D eigenvalue weighted by atomic mass is 9.85. The molecule has 20 heavy (non-hydrogen) atoms. The van der Waals surface area contributed by atoms with Crippen LogP contribution >= 0.6 is 0 Å². The first kappa shape index (κ1) is 14.8. The second-order valence-corrected chi connectivity index (χ2v) is 6.86. The summed E-state index contributed by atoms with van der Waals surface area (Å²) in [5.41, 5.74) is 7.26. The maximum Gasteiger partial charge on any atom is 0.0763 e. The van der Waals surface area contributed by atoms with Crippen LogP contribution in [0.1, 0.15) is 45.9 Å². The Bertz CT molecular complexity index is 609. The van der Waals surface area contributed by atoms with E-state index in [1.54, 1.807) is 0 Å². The molecule has 1 aromatic heterocycles. The van der Waals surface area contributed by atoms with Gasteiger partial charge in [-0.2, -0.15) is 0 Å². The van der Waals surface area contributed by atoms with Gasteiger partial charge in [0.2, 0.25) is 0 Å². The molecule has 0 fully saturated rings. The molecule has 0 saturated carbocycles. The Kier molecular flexibility index (Phi) is 4.00. The van der Waals surface area contributed by atoms with Gasteiger partial charge in [0.1, 0.15) is 0 Å². The maximum atomic E-state index is 5.70. The van der Waals surface area contributed by atoms with Crippen LogP contribution in [0, 0.1) is 5.92 Å². The summed E-state index contributed by atoms with van der Waals surface area (Å²) in [7, 11) is 0. The number of nitrogens with zero attached hydrogens (tertiary/aromatic N) is 1. The van der Waals surface area contributed by atoms with Crippen LogP contribution < -0.4 is 11.3 Å². The highest BCUT2D eigenvalue weighted by Crippen LogP contribution is 2.32. The van der Waals surface area contributed by atoms with E-state index in [4.69, 9.17) is 10.8 Å². The Morgan fingerprint density at radius 1 is 1.25 bits per heavy atom. The van der Waals surface area contributed by atoms with Crippen molar-refractivity contribution in [2.45, 2.75) is 46.5 Å². The van der Waals surface area contributed by atoms with Crippen LogP contribution in [0.2, 0.25) is 0 Å². The second kappa shape index (κ2) is 5.41. The summed E-state index contributed by atoms with van der Waals surface area (Å²) in [5, 5.41) is 1.09. The van der Waals surface area contributed by atoms with Gasteiger partial charge in [-0.15, -0.1) is 0 Å². The third-order valence-corrected chi connectivity index (χ3v) is 3.47. The molecule has 2 rings (SSSR count). The summed E-state index contributed by atoms with van der Waals surface area (Å²) in [6.45, 7) is 11.1. The van der Waals surface area contributed by atoms with Crippen LogP contribution in [0.5, 0.6) is 0 Å². The average Bonchev–Trinajstić information content (AvgIpc) is 2.35. The molecule has 2 aromatic rings. The van der Waals surface area contributed by atoms with E-state index in [2.05, 4.69) is 64.3 Å². The quantitative estimate of drug-likeness (QED) is 0.655. The monoisotopic (exact) mass is 271 g/mol. The predicted molar refractivity (Wildman–Crippen MR) is 86.8 cm³/mol. The minimum absolute atomic E-state index is 0.0643. The molecule has 0 radical (unpaired) electrons. The van der Waals surface area contributed by atoms with E-state index >= 15 is 0 Å². The van der Waals surface area contributed by atoms with Crippen LogP contribution in [-0.2, 0) is 11.8 Å². The Morgan fingerprint density at radius 3 is 2.50 bits per heavy atom. The van der Waals surface area contributed by atoms with Crippen molar-refractivity contribution in [1.29, 1.82) is 0 Å². The molecule has 0 atom stereocenters. The molecule has 1 aromatic carbocycles. The first-order chi connectivity index (χ1) is 9.32. The number of nitrogens with one attached hydrogen (secondary N) is 1. The van der Waals surface area contributed by atoms with E-state index in [0.29, 0.717) is 5.92 Å². The topological polar surface area (TPSA) is 50.9 Å². The second-order valence-electron chi connectivity index (χ2n) is 6.86. The number of nitrogens with two attached hydrogens (primary N) is 1. The van der Waals surface area contributed by atoms with Gasteiger partial charge < -0.3 is 5.43 Å². The molecule has 3 nitrogen and oxygen atoms in total. The van der Waals surface area contributed by atoms with Crippen LogP contribution in [0.4, 0.5) is 5.69 Å². The van der Waals surface area contributed by atoms with E-state index in [1.807, 2.05) is 0 Å². The molecule has 1 heterocycles. The fourth-order valence-corrected chi connectivity index (χ4v) is 2.55. The van der Waals surface area contributed by atoms with Crippen LogP contribution in [0.15, 0.2) is 24.3 Å². The molecule has 0 aliphatic rings. The van der Waals surface area contributed by atoms with Gasteiger partial charge in [0.25, 0.3) is 0 Å². The highest BCUT2D eigenvalue weighted by molar-refractivity contribution is 5.93. The van der Waals surface area contributed by atoms with Crippen molar-refractivity contribution in [3.8, 4) is 0 Å². The molecule has 108 valence electrons. The molecule has 0 aliphatic carbocycles. The molecule has 0 amide bonds. The lowest BCUT2D eigenvalue weighted by molar-refractivity contribution is 0.593. The van der Waals surface area contributed by atoms with Crippen molar-refractivity contribution in [3.63, 3.8) is 0 Å². The van der Waals surface area contributed by atoms with Gasteiger partial charge in [0.15, 0.2) is 0 Å². The van der Waals surface area contributed by atoms with Gasteiger partial charge in [-0.3, -0.25) is 10.8 Å². The first-order valence-electron chi connectivity index (χ1n) is 7.22. The smallest absolute Gasteiger partial charge is 0.0763 e. The molecule has 0 aliphatic heterocycles. The standard InChI is InChI=1S/C17H25N3/c1-11(2)9-12-10-15(20-18)13-7-6-8-14(16(13)19-12)17(3,4)5/h6-8,10-11H,9,18H2,1-5H3,(H,19,20). The lowest BCUT2D eigenvalue weighted by Gasteiger charge is -2.22. The van der Waals surface area contributed by atoms with E-state index in [-0.39, 0.29) is 5.41 Å². The Labute approximate surface area is 121 Å². The fourth-order valence-electron chi connectivity index (χ4n) is 2.55. The molecule has 0 spiro atoms. The van der Waals surface area contributed by atoms with Gasteiger partial charge in [-0.1, -0.05) is 52.8 Å². The number of hydrogen-bond donors (Lipinski definition) is 2. The summed E-state index contributed by atoms with van der Waals surface area (Å²) < 4.78 is 0. The number of pyridine rings is 1. The SMILES string of the molecule is CC(C)Cc1cc(NN)c2cccc(C(C)(C)C)c2n1. The van der Waals surface area contributed by atoms with Gasteiger partial charge in [0, 0.05) is 11.1 Å². The normalized spacial score (nSPS) is 12.2. The third-order valence-electron chi connectivity index (χ3n) is 3.47. The van der Waals surface area contributed by atoms with Crippen molar-refractivity contribution in [1.82, 2.24) is 4.98 Å². The predicted octanol–water partition coefficient (Wildman–Crippen LogP) is 4.02. The van der Waals surface area contributed by atoms with E-state index < -0.39 is 0 Å². The van der Waals surface area contributed by atoms with E-state index in [9.17, 15) is 0 Å². The van der Waals surface area contributed by atoms with Crippen LogP contribution in [-0.4, -0.2) is 4.98 Å². The number of benzene rings is 1. The zero-order valence-electron chi connectivity index (χ0n) is 13.1. The van der Waals surface area contributed by atoms with Gasteiger partial charge in [0.05, 0.1) is 11.2 Å². The summed E-state index contributed by atoms with van der Waals surface area (Å²) in [6, 6.07) is 8.38. The number of anilines is 1. The van der Waals surface area contributed by atoms with Crippen molar-refractivity contribution in [2.24, 2.45) is 11.8 Å². The summed E-state index contributed by atoms with van der Waals surface area (Å²) in [6.07, 6.45) is 0.961. The summed E-state index contributed by atoms with van der Waals surface area (Å²) >= 11 is 0. The Hall–Kier alpha value is -1.61. The van der Waals surface area contributed by atoms with Gasteiger partial charge in [-0.25, -0.2) is 0 Å². The number of aromatic nitrogens is 1. The molecule has 0 unspecified atom stereocenters. The molecule has 3 heteroatoms. The Balaban J connectivity index is 2.72. The molecule has 0 saturated heterocycles. The molecule has 3 N–H and O–H groups in total. The number of nitrogen functional groups attached to an aromatic ring is 1. The number of hydrazine groups is 1. The summed E-state index contributed by atoms with van der Waals surface area (Å²) in [5.74, 6) is 6.27. The fraction of sp³-hybridized carbons (Fsp3) is 0.471. The number of para-hydroxylation sites is 1. The number of rotatable bonds is 3. The van der Waals surface area contributed by atoms with E-state index in [0.717, 1.165) is 28.7 Å². The number of hydrogen-bond acceptors (Lipinski definition) is 3. The van der Waals surface area contributed by atoms with Crippen molar-refractivity contribution in [3.05, 3.63) is 35.5 Å². The first-order valence-corrected chi connectivity index (χ1v) is 7.22. The van der Waals surface area contributed by atoms with Crippen molar-refractivity contribution >= 4 is 16.6 Å². The summed E-state index contributed by atoms with van der Waals surface area (Å²) in [4.78, 5) is 4.89. The van der Waals surface area contributed by atoms with E-state index in [1.165, 1.54) is 5.56 Å². The lowest BCUT2D eigenvalue weighted by Crippen LogP contribution is -2.14. The highest BCUT2D eigenvalue weighted by atomic mass is 15.2. The highest BCUT2D eigenvalue weighted by Gasteiger charge is 2.19. The minimum Gasteiger partial charge on any atom is -0.323 e. The van der Waals surface area contributed by atoms with Gasteiger partial charge >= 0.3 is 0 Å². The van der Waals surface area contributed by atoms with Crippen molar-refractivity contribution < 1.29 is 0 Å². The van der Waals surface area contributed by atoms with Crippen LogP contribution in [0.3, 0.4) is 0 Å². The zero-order valence-corrected chi connectivity index (χ0v) is 13.1. The Morgan fingerprint density at radius 2 is 1.95 bits per heavy atom. The molecule has 0 bridgehead atoms. The zero-order chi connectivity index (χ0) is 14.9. The largest absolute Gasteiger partial charge is 0.323 e. The van der Waals surface area contributed by atoms with Crippen LogP contribution in [0.25, 0.3) is 10.9 Å². The minimum atomic E-state index is 0.0643. The molecular formula is C17H25N3.